The predicted octanol–water partition coefficient (Wildman–Crippen LogP) is 0.742. The molecule has 106 valence electrons. The summed E-state index contributed by atoms with van der Waals surface area (Å²) in [4.78, 5) is 10.8. The van der Waals surface area contributed by atoms with Gasteiger partial charge in [0.2, 0.25) is 0 Å². The van der Waals surface area contributed by atoms with E-state index in [9.17, 15) is 0 Å². The molecule has 2 rings (SSSR count). The molecule has 0 amide bonds. The summed E-state index contributed by atoms with van der Waals surface area (Å²) in [5, 5.41) is 6.68. The fourth-order valence-electron chi connectivity index (χ4n) is 2.11. The van der Waals surface area contributed by atoms with Crippen molar-refractivity contribution < 1.29 is 0 Å². The Morgan fingerprint density at radius 3 is 2.79 bits per heavy atom. The molecule has 1 aliphatic heterocycles. The summed E-state index contributed by atoms with van der Waals surface area (Å²) in [5.41, 5.74) is 5.68. The number of likely N-dealkylation sites (N-methyl/N-ethyl adjacent to an activating group) is 1. The average molecular weight is 264 g/mol. The second-order valence-electron chi connectivity index (χ2n) is 6.02. The van der Waals surface area contributed by atoms with Crippen molar-refractivity contribution in [3.63, 3.8) is 0 Å². The maximum absolute atomic E-state index is 5.94. The minimum Gasteiger partial charge on any atom is -0.368 e. The van der Waals surface area contributed by atoms with Gasteiger partial charge in [0.25, 0.3) is 0 Å². The zero-order valence-corrected chi connectivity index (χ0v) is 12.0. The number of nitrogens with zero attached hydrogens (tertiary/aromatic N) is 3. The van der Waals surface area contributed by atoms with E-state index in [0.29, 0.717) is 12.6 Å². The third kappa shape index (κ3) is 4.65. The van der Waals surface area contributed by atoms with Crippen molar-refractivity contribution in [2.45, 2.75) is 31.8 Å². The molecular formula is C13H24N6. The molecule has 4 N–H and O–H groups in total. The van der Waals surface area contributed by atoms with E-state index < -0.39 is 0 Å². The Labute approximate surface area is 114 Å². The third-order valence-electron chi connectivity index (χ3n) is 3.14. The van der Waals surface area contributed by atoms with E-state index in [1.165, 1.54) is 0 Å². The molecular weight excluding hydrogens is 240 g/mol. The summed E-state index contributed by atoms with van der Waals surface area (Å²) in [5.74, 6) is 1.68. The maximum atomic E-state index is 5.94. The predicted molar refractivity (Wildman–Crippen MR) is 78.3 cm³/mol. The normalized spacial score (nSPS) is 20.5. The Balaban J connectivity index is 1.91. The highest BCUT2D eigenvalue weighted by molar-refractivity contribution is 5.47. The van der Waals surface area contributed by atoms with E-state index in [2.05, 4.69) is 32.5 Å². The highest BCUT2D eigenvalue weighted by atomic mass is 15.2. The van der Waals surface area contributed by atoms with Gasteiger partial charge in [-0.1, -0.05) is 0 Å². The number of hydrogen-bond donors (Lipinski definition) is 3. The molecule has 0 aliphatic carbocycles. The van der Waals surface area contributed by atoms with Crippen LogP contribution in [0.5, 0.6) is 0 Å². The number of nitrogens with two attached hydrogens (primary N) is 1. The van der Waals surface area contributed by atoms with Crippen molar-refractivity contribution in [1.82, 2.24) is 14.9 Å². The Hall–Kier alpha value is -1.40. The van der Waals surface area contributed by atoms with Crippen molar-refractivity contribution >= 4 is 11.6 Å². The van der Waals surface area contributed by atoms with E-state index in [1.807, 2.05) is 19.9 Å². The summed E-state index contributed by atoms with van der Waals surface area (Å²) >= 11 is 0. The lowest BCUT2D eigenvalue weighted by Gasteiger charge is -2.19. The second kappa shape index (κ2) is 5.71. The molecule has 19 heavy (non-hydrogen) atoms. The number of anilines is 2. The number of likely N-dealkylation sites (tertiary alicyclic amines) is 1. The zero-order valence-electron chi connectivity index (χ0n) is 12.0. The Bertz CT molecular complexity index is 414. The van der Waals surface area contributed by atoms with Gasteiger partial charge in [-0.3, -0.25) is 0 Å². The summed E-state index contributed by atoms with van der Waals surface area (Å²) in [6.07, 6.45) is 2.73. The molecule has 0 saturated carbocycles. The van der Waals surface area contributed by atoms with Gasteiger partial charge in [-0.15, -0.1) is 0 Å². The molecule has 1 unspecified atom stereocenters. The maximum Gasteiger partial charge on any atom is 0.131 e. The van der Waals surface area contributed by atoms with E-state index in [1.54, 1.807) is 6.33 Å². The van der Waals surface area contributed by atoms with Gasteiger partial charge in [-0.25, -0.2) is 9.97 Å². The van der Waals surface area contributed by atoms with Crippen LogP contribution in [-0.4, -0.2) is 53.1 Å². The number of aromatic nitrogens is 2. The fourth-order valence-corrected chi connectivity index (χ4v) is 2.11. The minimum absolute atomic E-state index is 0.257. The molecule has 0 radical (unpaired) electrons. The molecule has 1 aromatic heterocycles. The van der Waals surface area contributed by atoms with Crippen LogP contribution in [0.15, 0.2) is 12.4 Å². The Morgan fingerprint density at radius 2 is 2.16 bits per heavy atom. The number of rotatable bonds is 5. The van der Waals surface area contributed by atoms with Crippen LogP contribution >= 0.6 is 0 Å². The van der Waals surface area contributed by atoms with E-state index in [0.717, 1.165) is 31.1 Å². The first-order valence-electron chi connectivity index (χ1n) is 6.72. The van der Waals surface area contributed by atoms with Gasteiger partial charge >= 0.3 is 0 Å². The van der Waals surface area contributed by atoms with Crippen LogP contribution in [0.2, 0.25) is 0 Å². The molecule has 2 heterocycles. The van der Waals surface area contributed by atoms with Gasteiger partial charge in [0.15, 0.2) is 0 Å². The summed E-state index contributed by atoms with van der Waals surface area (Å²) in [6, 6.07) is 2.41. The summed E-state index contributed by atoms with van der Waals surface area (Å²) in [7, 11) is 2.14. The van der Waals surface area contributed by atoms with Crippen LogP contribution in [0.1, 0.15) is 20.3 Å². The van der Waals surface area contributed by atoms with Crippen LogP contribution in [-0.2, 0) is 0 Å². The summed E-state index contributed by atoms with van der Waals surface area (Å²) < 4.78 is 0. The topological polar surface area (TPSA) is 79.1 Å². The lowest BCUT2D eigenvalue weighted by molar-refractivity contribution is 0.414. The zero-order chi connectivity index (χ0) is 13.9. The Morgan fingerprint density at radius 1 is 1.42 bits per heavy atom. The fraction of sp³-hybridized carbons (Fsp3) is 0.692. The summed E-state index contributed by atoms with van der Waals surface area (Å²) in [6.45, 7) is 6.83. The van der Waals surface area contributed by atoms with Crippen LogP contribution in [0.3, 0.4) is 0 Å². The van der Waals surface area contributed by atoms with Crippen molar-refractivity contribution in [2.75, 3.05) is 37.3 Å². The third-order valence-corrected chi connectivity index (χ3v) is 3.14. The first-order valence-corrected chi connectivity index (χ1v) is 6.72. The van der Waals surface area contributed by atoms with Crippen molar-refractivity contribution in [2.24, 2.45) is 5.73 Å². The standard InChI is InChI=1S/C13H24N6/c1-13(2,14)8-15-11-6-12(17-9-16-11)18-10-4-5-19(3)7-10/h6,9-10H,4-5,7-8,14H2,1-3H3,(H2,15,16,17,18). The lowest BCUT2D eigenvalue weighted by atomic mass is 10.1. The smallest absolute Gasteiger partial charge is 0.131 e. The van der Waals surface area contributed by atoms with Crippen LogP contribution < -0.4 is 16.4 Å². The number of hydrogen-bond acceptors (Lipinski definition) is 6. The monoisotopic (exact) mass is 264 g/mol. The van der Waals surface area contributed by atoms with Crippen molar-refractivity contribution in [1.29, 1.82) is 0 Å². The van der Waals surface area contributed by atoms with Gasteiger partial charge in [0.1, 0.15) is 18.0 Å². The molecule has 0 aromatic carbocycles. The van der Waals surface area contributed by atoms with Crippen LogP contribution in [0.25, 0.3) is 0 Å². The first-order chi connectivity index (χ1) is 8.92. The molecule has 1 aromatic rings. The highest BCUT2D eigenvalue weighted by Crippen LogP contribution is 2.15. The van der Waals surface area contributed by atoms with E-state index >= 15 is 0 Å². The van der Waals surface area contributed by atoms with Gasteiger partial charge in [0, 0.05) is 30.7 Å². The lowest BCUT2D eigenvalue weighted by Crippen LogP contribution is -2.39. The van der Waals surface area contributed by atoms with Crippen molar-refractivity contribution in [3.8, 4) is 0 Å². The molecule has 0 bridgehead atoms. The second-order valence-corrected chi connectivity index (χ2v) is 6.02. The minimum atomic E-state index is -0.257. The molecule has 1 fully saturated rings. The van der Waals surface area contributed by atoms with E-state index in [-0.39, 0.29) is 5.54 Å². The van der Waals surface area contributed by atoms with Gasteiger partial charge < -0.3 is 21.3 Å². The van der Waals surface area contributed by atoms with Crippen LogP contribution in [0.4, 0.5) is 11.6 Å². The molecule has 1 atom stereocenters. The molecule has 6 heteroatoms. The van der Waals surface area contributed by atoms with E-state index in [4.69, 9.17) is 5.73 Å². The van der Waals surface area contributed by atoms with Gasteiger partial charge in [0.05, 0.1) is 0 Å². The van der Waals surface area contributed by atoms with Crippen molar-refractivity contribution in [3.05, 3.63) is 12.4 Å². The molecule has 1 saturated heterocycles. The van der Waals surface area contributed by atoms with Gasteiger partial charge in [-0.05, 0) is 33.9 Å². The molecule has 6 nitrogen and oxygen atoms in total. The average Bonchev–Trinajstić information content (AvgIpc) is 2.72. The quantitative estimate of drug-likeness (QED) is 0.728. The molecule has 1 aliphatic rings. The first kappa shape index (κ1) is 14.0. The highest BCUT2D eigenvalue weighted by Gasteiger charge is 2.19. The number of nitrogens with one attached hydrogen (secondary N) is 2. The van der Waals surface area contributed by atoms with Gasteiger partial charge in [-0.2, -0.15) is 0 Å². The largest absolute Gasteiger partial charge is 0.368 e. The SMILES string of the molecule is CN1CCC(Nc2cc(NCC(C)(C)N)ncn2)C1. The Kier molecular flexibility index (Phi) is 4.21. The van der Waals surface area contributed by atoms with Crippen LogP contribution in [0, 0.1) is 0 Å². The molecule has 0 spiro atoms.